The molecule has 1 unspecified atom stereocenters. The van der Waals surface area contributed by atoms with Gasteiger partial charge in [0.2, 0.25) is 0 Å². The van der Waals surface area contributed by atoms with Crippen LogP contribution in [0.1, 0.15) is 34.8 Å². The minimum absolute atomic E-state index is 0.127. The Hall–Kier alpha value is -2.79. The quantitative estimate of drug-likeness (QED) is 0.630. The second kappa shape index (κ2) is 8.07. The summed E-state index contributed by atoms with van der Waals surface area (Å²) in [5.41, 5.74) is 2.22. The SMILES string of the molecule is O=C(c1ccc(F)cc1Cl)N1CCCC(c2ccnc(-c3ccccc3)n2)C1. The van der Waals surface area contributed by atoms with Crippen LogP contribution < -0.4 is 0 Å². The average Bonchev–Trinajstić information content (AvgIpc) is 2.74. The zero-order valence-electron chi connectivity index (χ0n) is 15.2. The summed E-state index contributed by atoms with van der Waals surface area (Å²) in [6.45, 7) is 1.21. The lowest BCUT2D eigenvalue weighted by Gasteiger charge is -2.32. The van der Waals surface area contributed by atoms with Crippen molar-refractivity contribution in [3.05, 3.63) is 82.9 Å². The van der Waals surface area contributed by atoms with Crippen molar-refractivity contribution in [2.45, 2.75) is 18.8 Å². The molecule has 2 aromatic carbocycles. The first-order chi connectivity index (χ1) is 13.6. The lowest BCUT2D eigenvalue weighted by Crippen LogP contribution is -2.39. The van der Waals surface area contributed by atoms with Crippen molar-refractivity contribution in [3.63, 3.8) is 0 Å². The fourth-order valence-corrected chi connectivity index (χ4v) is 3.81. The van der Waals surface area contributed by atoms with Gasteiger partial charge in [-0.25, -0.2) is 14.4 Å². The van der Waals surface area contributed by atoms with Gasteiger partial charge in [-0.2, -0.15) is 0 Å². The first-order valence-corrected chi connectivity index (χ1v) is 9.62. The molecule has 0 N–H and O–H groups in total. The van der Waals surface area contributed by atoms with Gasteiger partial charge in [-0.05, 0) is 37.1 Å². The summed E-state index contributed by atoms with van der Waals surface area (Å²) in [6, 6.07) is 15.6. The Bertz CT molecular complexity index is 996. The van der Waals surface area contributed by atoms with E-state index in [2.05, 4.69) is 4.98 Å². The van der Waals surface area contributed by atoms with Crippen LogP contribution in [0.3, 0.4) is 0 Å². The van der Waals surface area contributed by atoms with Gasteiger partial charge in [0.1, 0.15) is 5.82 Å². The van der Waals surface area contributed by atoms with E-state index in [1.54, 1.807) is 11.1 Å². The van der Waals surface area contributed by atoms with E-state index in [-0.39, 0.29) is 16.8 Å². The number of carbonyl (C=O) groups excluding carboxylic acids is 1. The van der Waals surface area contributed by atoms with Gasteiger partial charge in [-0.1, -0.05) is 41.9 Å². The van der Waals surface area contributed by atoms with E-state index in [1.807, 2.05) is 36.4 Å². The van der Waals surface area contributed by atoms with Crippen molar-refractivity contribution < 1.29 is 9.18 Å². The molecule has 1 atom stereocenters. The Labute approximate surface area is 168 Å². The number of piperidine rings is 1. The summed E-state index contributed by atoms with van der Waals surface area (Å²) in [5.74, 6) is 0.185. The predicted molar refractivity (Wildman–Crippen MR) is 107 cm³/mol. The van der Waals surface area contributed by atoms with Gasteiger partial charge in [-0.3, -0.25) is 4.79 Å². The van der Waals surface area contributed by atoms with E-state index in [1.165, 1.54) is 18.2 Å². The molecule has 0 radical (unpaired) electrons. The van der Waals surface area contributed by atoms with E-state index in [0.29, 0.717) is 24.5 Å². The maximum atomic E-state index is 13.3. The second-order valence-corrected chi connectivity index (χ2v) is 7.29. The average molecular weight is 396 g/mol. The van der Waals surface area contributed by atoms with E-state index < -0.39 is 5.82 Å². The minimum atomic E-state index is -0.451. The van der Waals surface area contributed by atoms with Crippen LogP contribution in [-0.4, -0.2) is 33.9 Å². The monoisotopic (exact) mass is 395 g/mol. The Morgan fingerprint density at radius 3 is 2.75 bits per heavy atom. The standard InChI is InChI=1S/C22H19ClFN3O/c23-19-13-17(24)8-9-18(19)22(28)27-12-4-7-16(14-27)20-10-11-25-21(26-20)15-5-2-1-3-6-15/h1-3,5-6,8-11,13,16H,4,7,12,14H2. The minimum Gasteiger partial charge on any atom is -0.338 e. The van der Waals surface area contributed by atoms with Crippen molar-refractivity contribution in [2.24, 2.45) is 0 Å². The first-order valence-electron chi connectivity index (χ1n) is 9.24. The number of aromatic nitrogens is 2. The summed E-state index contributed by atoms with van der Waals surface area (Å²) in [7, 11) is 0. The van der Waals surface area contributed by atoms with Gasteiger partial charge in [0.25, 0.3) is 5.91 Å². The van der Waals surface area contributed by atoms with Gasteiger partial charge < -0.3 is 4.90 Å². The molecule has 0 bridgehead atoms. The number of carbonyl (C=O) groups is 1. The molecule has 3 aromatic rings. The number of hydrogen-bond donors (Lipinski definition) is 0. The smallest absolute Gasteiger partial charge is 0.255 e. The molecule has 0 spiro atoms. The first kappa shape index (κ1) is 18.6. The highest BCUT2D eigenvalue weighted by molar-refractivity contribution is 6.33. The third-order valence-corrected chi connectivity index (χ3v) is 5.31. The second-order valence-electron chi connectivity index (χ2n) is 6.89. The summed E-state index contributed by atoms with van der Waals surface area (Å²) in [4.78, 5) is 23.8. The van der Waals surface area contributed by atoms with Crippen LogP contribution in [0.2, 0.25) is 5.02 Å². The summed E-state index contributed by atoms with van der Waals surface area (Å²) in [5, 5.41) is 0.139. The largest absolute Gasteiger partial charge is 0.338 e. The maximum Gasteiger partial charge on any atom is 0.255 e. The summed E-state index contributed by atoms with van der Waals surface area (Å²) < 4.78 is 13.3. The molecule has 6 heteroatoms. The zero-order valence-corrected chi connectivity index (χ0v) is 15.9. The maximum absolute atomic E-state index is 13.3. The Morgan fingerprint density at radius 2 is 1.96 bits per heavy atom. The van der Waals surface area contributed by atoms with Gasteiger partial charge >= 0.3 is 0 Å². The Kier molecular flexibility index (Phi) is 5.35. The Morgan fingerprint density at radius 1 is 1.14 bits per heavy atom. The molecule has 1 amide bonds. The van der Waals surface area contributed by atoms with Gasteiger partial charge in [0, 0.05) is 36.5 Å². The zero-order chi connectivity index (χ0) is 19.5. The van der Waals surface area contributed by atoms with E-state index in [0.717, 1.165) is 24.1 Å². The van der Waals surface area contributed by atoms with Crippen molar-refractivity contribution in [3.8, 4) is 11.4 Å². The molecule has 0 saturated carbocycles. The van der Waals surface area contributed by atoms with Crippen LogP contribution in [0.15, 0.2) is 60.8 Å². The number of benzene rings is 2. The number of hydrogen-bond acceptors (Lipinski definition) is 3. The van der Waals surface area contributed by atoms with Crippen LogP contribution in [0.25, 0.3) is 11.4 Å². The third kappa shape index (κ3) is 3.90. The van der Waals surface area contributed by atoms with Crippen LogP contribution in [0.4, 0.5) is 4.39 Å². The number of rotatable bonds is 3. The van der Waals surface area contributed by atoms with Crippen LogP contribution in [0.5, 0.6) is 0 Å². The van der Waals surface area contributed by atoms with Gasteiger partial charge in [0.05, 0.1) is 10.6 Å². The number of likely N-dealkylation sites (tertiary alicyclic amines) is 1. The third-order valence-electron chi connectivity index (χ3n) is 5.00. The highest BCUT2D eigenvalue weighted by Gasteiger charge is 2.27. The highest BCUT2D eigenvalue weighted by Crippen LogP contribution is 2.29. The number of nitrogens with zero attached hydrogens (tertiary/aromatic N) is 3. The van der Waals surface area contributed by atoms with Crippen molar-refractivity contribution in [1.82, 2.24) is 14.9 Å². The topological polar surface area (TPSA) is 46.1 Å². The van der Waals surface area contributed by atoms with Crippen molar-refractivity contribution in [2.75, 3.05) is 13.1 Å². The predicted octanol–water partition coefficient (Wildman–Crippen LogP) is 4.96. The van der Waals surface area contributed by atoms with Gasteiger partial charge in [0.15, 0.2) is 5.82 Å². The van der Waals surface area contributed by atoms with E-state index >= 15 is 0 Å². The lowest BCUT2D eigenvalue weighted by molar-refractivity contribution is 0.0706. The Balaban J connectivity index is 1.55. The molecule has 142 valence electrons. The fraction of sp³-hybridized carbons (Fsp3) is 0.227. The normalized spacial score (nSPS) is 16.8. The van der Waals surface area contributed by atoms with E-state index in [4.69, 9.17) is 16.6 Å². The molecule has 28 heavy (non-hydrogen) atoms. The molecule has 1 aromatic heterocycles. The molecule has 2 heterocycles. The molecule has 1 aliphatic rings. The number of amides is 1. The molecule has 1 saturated heterocycles. The molecule has 0 aliphatic carbocycles. The molecular weight excluding hydrogens is 377 g/mol. The van der Waals surface area contributed by atoms with Gasteiger partial charge in [-0.15, -0.1) is 0 Å². The number of halogens is 2. The van der Waals surface area contributed by atoms with Crippen molar-refractivity contribution >= 4 is 17.5 Å². The molecule has 1 aliphatic heterocycles. The molecule has 4 rings (SSSR count). The summed E-state index contributed by atoms with van der Waals surface area (Å²) in [6.07, 6.45) is 3.59. The fourth-order valence-electron chi connectivity index (χ4n) is 3.56. The highest BCUT2D eigenvalue weighted by atomic mass is 35.5. The van der Waals surface area contributed by atoms with Crippen LogP contribution in [0, 0.1) is 5.82 Å². The van der Waals surface area contributed by atoms with E-state index in [9.17, 15) is 9.18 Å². The van der Waals surface area contributed by atoms with Crippen LogP contribution >= 0.6 is 11.6 Å². The summed E-state index contributed by atoms with van der Waals surface area (Å²) >= 11 is 6.08. The molecule has 1 fully saturated rings. The molecule has 4 nitrogen and oxygen atoms in total. The van der Waals surface area contributed by atoms with Crippen molar-refractivity contribution in [1.29, 1.82) is 0 Å². The lowest BCUT2D eigenvalue weighted by atomic mass is 9.94. The van der Waals surface area contributed by atoms with Crippen LogP contribution in [-0.2, 0) is 0 Å². The molecular formula is C22H19ClFN3O.